The van der Waals surface area contributed by atoms with Crippen molar-refractivity contribution in [3.63, 3.8) is 0 Å². The molecule has 8 heteroatoms. The van der Waals surface area contributed by atoms with Crippen LogP contribution in [0.1, 0.15) is 44.9 Å². The van der Waals surface area contributed by atoms with Crippen molar-refractivity contribution in [1.82, 2.24) is 5.32 Å². The van der Waals surface area contributed by atoms with Crippen LogP contribution in [0.25, 0.3) is 0 Å². The lowest BCUT2D eigenvalue weighted by Crippen LogP contribution is -2.38. The lowest BCUT2D eigenvalue weighted by molar-refractivity contribution is 0.162. The van der Waals surface area contributed by atoms with E-state index in [2.05, 4.69) is 10.6 Å². The van der Waals surface area contributed by atoms with Crippen molar-refractivity contribution < 1.29 is 19.0 Å². The molecular weight excluding hydrogens is 337 g/mol. The Morgan fingerprint density at radius 2 is 2.08 bits per heavy atom. The summed E-state index contributed by atoms with van der Waals surface area (Å²) in [6, 6.07) is 3.90. The molecule has 134 valence electrons. The number of aliphatic hydroxyl groups is 1. The van der Waals surface area contributed by atoms with Crippen molar-refractivity contribution in [3.05, 3.63) is 29.1 Å². The zero-order chi connectivity index (χ0) is 17.6. The summed E-state index contributed by atoms with van der Waals surface area (Å²) in [5, 5.41) is 24.9. The van der Waals surface area contributed by atoms with Crippen molar-refractivity contribution in [1.29, 1.82) is 5.26 Å². The Balaban J connectivity index is 0.00000529. The SMILES string of the molecule is CCOC(=O)Nc1c(C#N)cc(F)cc1C(O)CNC(C)(C)C.Cl. The van der Waals surface area contributed by atoms with Crippen LogP contribution < -0.4 is 10.6 Å². The fraction of sp³-hybridized carbons (Fsp3) is 0.500. The summed E-state index contributed by atoms with van der Waals surface area (Å²) >= 11 is 0. The second kappa shape index (κ2) is 9.42. The first-order valence-electron chi connectivity index (χ1n) is 7.28. The Labute approximate surface area is 147 Å². The third-order valence-electron chi connectivity index (χ3n) is 2.94. The fourth-order valence-corrected chi connectivity index (χ4v) is 1.90. The van der Waals surface area contributed by atoms with Crippen LogP contribution in [0.2, 0.25) is 0 Å². The van der Waals surface area contributed by atoms with Gasteiger partial charge < -0.3 is 15.2 Å². The van der Waals surface area contributed by atoms with Gasteiger partial charge in [-0.3, -0.25) is 5.32 Å². The minimum atomic E-state index is -1.10. The minimum Gasteiger partial charge on any atom is -0.450 e. The van der Waals surface area contributed by atoms with Gasteiger partial charge in [-0.2, -0.15) is 5.26 Å². The number of nitrogens with zero attached hydrogens (tertiary/aromatic N) is 1. The summed E-state index contributed by atoms with van der Waals surface area (Å²) in [6.45, 7) is 7.68. The molecule has 1 aromatic carbocycles. The van der Waals surface area contributed by atoms with E-state index in [-0.39, 0.29) is 47.9 Å². The molecule has 0 saturated heterocycles. The number of halogens is 2. The molecular formula is C16H23ClFN3O3. The molecule has 0 spiro atoms. The van der Waals surface area contributed by atoms with Crippen LogP contribution in [0, 0.1) is 17.1 Å². The van der Waals surface area contributed by atoms with Gasteiger partial charge in [-0.15, -0.1) is 12.4 Å². The standard InChI is InChI=1S/C16H22FN3O3.ClH/c1-5-23-15(22)20-14-10(8-18)6-11(17)7-12(14)13(21)9-19-16(2,3)4;/h6-7,13,19,21H,5,9H2,1-4H3,(H,20,22);1H. The number of rotatable bonds is 5. The van der Waals surface area contributed by atoms with Crippen LogP contribution in [-0.2, 0) is 4.74 Å². The van der Waals surface area contributed by atoms with Gasteiger partial charge in [0.2, 0.25) is 0 Å². The van der Waals surface area contributed by atoms with E-state index in [1.807, 2.05) is 26.8 Å². The third kappa shape index (κ3) is 6.71. The van der Waals surface area contributed by atoms with E-state index >= 15 is 0 Å². The number of hydrogen-bond acceptors (Lipinski definition) is 5. The number of anilines is 1. The molecule has 1 amide bonds. The molecule has 1 unspecified atom stereocenters. The van der Waals surface area contributed by atoms with Crippen LogP contribution in [0.3, 0.4) is 0 Å². The molecule has 0 radical (unpaired) electrons. The zero-order valence-electron chi connectivity index (χ0n) is 14.1. The highest BCUT2D eigenvalue weighted by atomic mass is 35.5. The second-order valence-electron chi connectivity index (χ2n) is 6.02. The molecule has 0 aliphatic heterocycles. The Morgan fingerprint density at radius 3 is 2.58 bits per heavy atom. The van der Waals surface area contributed by atoms with E-state index in [0.717, 1.165) is 12.1 Å². The maximum atomic E-state index is 13.7. The third-order valence-corrected chi connectivity index (χ3v) is 2.94. The van der Waals surface area contributed by atoms with Gasteiger partial charge >= 0.3 is 6.09 Å². The Morgan fingerprint density at radius 1 is 1.46 bits per heavy atom. The number of amides is 1. The summed E-state index contributed by atoms with van der Waals surface area (Å²) in [5.74, 6) is -0.666. The zero-order valence-corrected chi connectivity index (χ0v) is 15.0. The maximum absolute atomic E-state index is 13.7. The van der Waals surface area contributed by atoms with Gasteiger partial charge in [0.1, 0.15) is 11.9 Å². The van der Waals surface area contributed by atoms with E-state index in [0.29, 0.717) is 0 Å². The first kappa shape index (κ1) is 22.1. The van der Waals surface area contributed by atoms with Crippen LogP contribution >= 0.6 is 12.4 Å². The van der Waals surface area contributed by atoms with Crippen molar-refractivity contribution in [2.45, 2.75) is 39.3 Å². The quantitative estimate of drug-likeness (QED) is 0.751. The summed E-state index contributed by atoms with van der Waals surface area (Å²) in [4.78, 5) is 11.6. The molecule has 24 heavy (non-hydrogen) atoms. The van der Waals surface area contributed by atoms with Gasteiger partial charge in [-0.1, -0.05) is 0 Å². The lowest BCUT2D eigenvalue weighted by Gasteiger charge is -2.24. The van der Waals surface area contributed by atoms with Gasteiger partial charge in [-0.25, -0.2) is 9.18 Å². The van der Waals surface area contributed by atoms with Gasteiger partial charge in [0, 0.05) is 17.6 Å². The average molecular weight is 360 g/mol. The molecule has 0 heterocycles. The molecule has 0 fully saturated rings. The number of nitrogens with one attached hydrogen (secondary N) is 2. The number of carbonyl (C=O) groups excluding carboxylic acids is 1. The monoisotopic (exact) mass is 359 g/mol. The molecule has 6 nitrogen and oxygen atoms in total. The van der Waals surface area contributed by atoms with Gasteiger partial charge in [0.15, 0.2) is 0 Å². The molecule has 0 bridgehead atoms. The van der Waals surface area contributed by atoms with Crippen molar-refractivity contribution in [2.75, 3.05) is 18.5 Å². The minimum absolute atomic E-state index is 0. The molecule has 0 saturated carbocycles. The van der Waals surface area contributed by atoms with Gasteiger partial charge in [0.25, 0.3) is 0 Å². The summed E-state index contributed by atoms with van der Waals surface area (Å²) in [5.41, 5.74) is -0.161. The maximum Gasteiger partial charge on any atom is 0.411 e. The Bertz CT molecular complexity index is 612. The highest BCUT2D eigenvalue weighted by Crippen LogP contribution is 2.28. The Hall–Kier alpha value is -1.88. The van der Waals surface area contributed by atoms with Crippen LogP contribution in [0.5, 0.6) is 0 Å². The van der Waals surface area contributed by atoms with Gasteiger partial charge in [-0.05, 0) is 39.8 Å². The number of ether oxygens (including phenoxy) is 1. The molecule has 1 rings (SSSR count). The smallest absolute Gasteiger partial charge is 0.411 e. The average Bonchev–Trinajstić information content (AvgIpc) is 2.45. The van der Waals surface area contributed by atoms with E-state index < -0.39 is 18.0 Å². The highest BCUT2D eigenvalue weighted by molar-refractivity contribution is 5.88. The van der Waals surface area contributed by atoms with Crippen LogP contribution in [0.15, 0.2) is 12.1 Å². The van der Waals surface area contributed by atoms with E-state index in [4.69, 9.17) is 10.00 Å². The molecule has 0 aliphatic carbocycles. The van der Waals surface area contributed by atoms with E-state index in [1.165, 1.54) is 0 Å². The molecule has 3 N–H and O–H groups in total. The first-order chi connectivity index (χ1) is 10.7. The Kier molecular flexibility index (Phi) is 8.69. The van der Waals surface area contributed by atoms with Crippen molar-refractivity contribution >= 4 is 24.2 Å². The summed E-state index contributed by atoms with van der Waals surface area (Å²) in [6.07, 6.45) is -1.87. The van der Waals surface area contributed by atoms with Crippen molar-refractivity contribution in [3.8, 4) is 6.07 Å². The number of aliphatic hydroxyl groups excluding tert-OH is 1. The lowest BCUT2D eigenvalue weighted by atomic mass is 10.0. The molecule has 1 aromatic rings. The van der Waals surface area contributed by atoms with E-state index in [1.54, 1.807) is 6.92 Å². The molecule has 1 atom stereocenters. The predicted molar refractivity (Wildman–Crippen MR) is 91.7 cm³/mol. The van der Waals surface area contributed by atoms with Crippen molar-refractivity contribution in [2.24, 2.45) is 0 Å². The fourth-order valence-electron chi connectivity index (χ4n) is 1.90. The first-order valence-corrected chi connectivity index (χ1v) is 7.28. The topological polar surface area (TPSA) is 94.4 Å². The second-order valence-corrected chi connectivity index (χ2v) is 6.02. The van der Waals surface area contributed by atoms with E-state index in [9.17, 15) is 14.3 Å². The predicted octanol–water partition coefficient (Wildman–Crippen LogP) is 3.11. The largest absolute Gasteiger partial charge is 0.450 e. The number of nitriles is 1. The number of hydrogen-bond donors (Lipinski definition) is 3. The summed E-state index contributed by atoms with van der Waals surface area (Å²) in [7, 11) is 0. The molecule has 0 aliphatic rings. The molecule has 0 aromatic heterocycles. The normalized spacial score (nSPS) is 11.9. The van der Waals surface area contributed by atoms with Crippen LogP contribution in [-0.4, -0.2) is 29.9 Å². The number of β-amino-alcohol motifs (C(OH)–C–C–N with tert-alkyl or cyclic N) is 1. The summed E-state index contributed by atoms with van der Waals surface area (Å²) < 4.78 is 18.5. The highest BCUT2D eigenvalue weighted by Gasteiger charge is 2.21. The van der Waals surface area contributed by atoms with Gasteiger partial charge in [0.05, 0.1) is 24.0 Å². The van der Waals surface area contributed by atoms with Crippen LogP contribution in [0.4, 0.5) is 14.9 Å². The number of benzene rings is 1. The number of carbonyl (C=O) groups is 1.